The van der Waals surface area contributed by atoms with Gasteiger partial charge in [0, 0.05) is 18.2 Å². The van der Waals surface area contributed by atoms with Crippen molar-refractivity contribution in [1.82, 2.24) is 34.5 Å². The summed E-state index contributed by atoms with van der Waals surface area (Å²) >= 11 is 0. The highest BCUT2D eigenvalue weighted by Crippen LogP contribution is 2.44. The van der Waals surface area contributed by atoms with Crippen molar-refractivity contribution in [1.29, 1.82) is 0 Å². The molecular formula is C23H25N9O3S. The average Bonchev–Trinajstić information content (AvgIpc) is 3.72. The van der Waals surface area contributed by atoms with Crippen LogP contribution in [0.5, 0.6) is 5.88 Å². The van der Waals surface area contributed by atoms with Gasteiger partial charge in [0.25, 0.3) is 5.56 Å². The Labute approximate surface area is 209 Å². The number of ether oxygens (including phenoxy) is 1. The van der Waals surface area contributed by atoms with Gasteiger partial charge >= 0.3 is 0 Å². The SMILES string of the molecule is COc1ncnc(C2CC2)c1-c1ncc2nc(NCc3ccc(S(N)=O)cn3)c(=O)n(C(C)C)c2n1. The molecule has 3 N–H and O–H groups in total. The lowest BCUT2D eigenvalue weighted by Crippen LogP contribution is -2.27. The van der Waals surface area contributed by atoms with Gasteiger partial charge in [-0.2, -0.15) is 0 Å². The Balaban J connectivity index is 1.55. The maximum atomic E-state index is 13.4. The summed E-state index contributed by atoms with van der Waals surface area (Å²) in [5, 5.41) is 8.43. The van der Waals surface area contributed by atoms with Crippen LogP contribution in [0.1, 0.15) is 50.0 Å². The summed E-state index contributed by atoms with van der Waals surface area (Å²) in [4.78, 5) is 40.5. The third-order valence-electron chi connectivity index (χ3n) is 5.84. The topological polar surface area (TPSA) is 164 Å². The third kappa shape index (κ3) is 4.54. The summed E-state index contributed by atoms with van der Waals surface area (Å²) in [5.74, 6) is 1.26. The summed E-state index contributed by atoms with van der Waals surface area (Å²) in [6.07, 6.45) is 6.60. The number of anilines is 1. The van der Waals surface area contributed by atoms with E-state index in [4.69, 9.17) is 14.9 Å². The first-order valence-corrected chi connectivity index (χ1v) is 12.6. The molecule has 0 aliphatic heterocycles. The maximum Gasteiger partial charge on any atom is 0.295 e. The van der Waals surface area contributed by atoms with E-state index in [0.717, 1.165) is 18.5 Å². The third-order valence-corrected chi connectivity index (χ3v) is 6.54. The normalized spacial score (nSPS) is 14.2. The van der Waals surface area contributed by atoms with Gasteiger partial charge in [-0.1, -0.05) is 0 Å². The molecule has 186 valence electrons. The summed E-state index contributed by atoms with van der Waals surface area (Å²) in [5.41, 5.74) is 2.67. The van der Waals surface area contributed by atoms with E-state index in [1.165, 1.54) is 12.5 Å². The van der Waals surface area contributed by atoms with E-state index in [9.17, 15) is 9.00 Å². The Morgan fingerprint density at radius 2 is 1.97 bits per heavy atom. The lowest BCUT2D eigenvalue weighted by Gasteiger charge is -2.16. The van der Waals surface area contributed by atoms with E-state index in [0.29, 0.717) is 44.9 Å². The molecule has 0 aromatic carbocycles. The predicted molar refractivity (Wildman–Crippen MR) is 134 cm³/mol. The number of pyridine rings is 1. The minimum atomic E-state index is -1.60. The number of hydrogen-bond donors (Lipinski definition) is 2. The Hall–Kier alpha value is -3.84. The first kappa shape index (κ1) is 23.9. The quantitative estimate of drug-likeness (QED) is 0.361. The molecule has 4 heterocycles. The molecule has 4 aromatic heterocycles. The molecule has 13 heteroatoms. The van der Waals surface area contributed by atoms with Crippen molar-refractivity contribution in [3.05, 3.63) is 52.6 Å². The fourth-order valence-electron chi connectivity index (χ4n) is 3.94. The van der Waals surface area contributed by atoms with Crippen LogP contribution in [0.4, 0.5) is 5.82 Å². The zero-order valence-corrected chi connectivity index (χ0v) is 20.8. The molecule has 36 heavy (non-hydrogen) atoms. The molecule has 1 aliphatic rings. The second-order valence-electron chi connectivity index (χ2n) is 8.69. The summed E-state index contributed by atoms with van der Waals surface area (Å²) in [6.45, 7) is 4.05. The second kappa shape index (κ2) is 9.66. The number of nitrogens with two attached hydrogens (primary N) is 1. The molecule has 1 fully saturated rings. The lowest BCUT2D eigenvalue weighted by atomic mass is 10.1. The van der Waals surface area contributed by atoms with Crippen molar-refractivity contribution < 1.29 is 8.95 Å². The molecule has 5 rings (SSSR count). The summed E-state index contributed by atoms with van der Waals surface area (Å²) in [6, 6.07) is 3.13. The Kier molecular flexibility index (Phi) is 6.41. The molecule has 4 aromatic rings. The van der Waals surface area contributed by atoms with Gasteiger partial charge in [0.05, 0.1) is 36.1 Å². The minimum Gasteiger partial charge on any atom is -0.480 e. The monoisotopic (exact) mass is 507 g/mol. The first-order chi connectivity index (χ1) is 17.4. The van der Waals surface area contributed by atoms with Crippen LogP contribution in [0.2, 0.25) is 0 Å². The number of fused-ring (bicyclic) bond motifs is 1. The van der Waals surface area contributed by atoms with Crippen LogP contribution in [0.3, 0.4) is 0 Å². The minimum absolute atomic E-state index is 0.153. The van der Waals surface area contributed by atoms with Gasteiger partial charge < -0.3 is 10.1 Å². The van der Waals surface area contributed by atoms with E-state index in [-0.39, 0.29) is 24.0 Å². The van der Waals surface area contributed by atoms with E-state index < -0.39 is 11.0 Å². The van der Waals surface area contributed by atoms with Gasteiger partial charge in [-0.3, -0.25) is 14.3 Å². The van der Waals surface area contributed by atoms with Crippen LogP contribution in [-0.2, 0) is 17.5 Å². The number of rotatable bonds is 8. The average molecular weight is 508 g/mol. The van der Waals surface area contributed by atoms with Crippen molar-refractivity contribution in [3.8, 4) is 17.3 Å². The smallest absolute Gasteiger partial charge is 0.295 e. The second-order valence-corrected chi connectivity index (χ2v) is 9.75. The fraction of sp³-hybridized carbons (Fsp3) is 0.348. The van der Waals surface area contributed by atoms with E-state index in [2.05, 4.69) is 30.2 Å². The van der Waals surface area contributed by atoms with Gasteiger partial charge in [-0.15, -0.1) is 0 Å². The molecule has 0 amide bonds. The van der Waals surface area contributed by atoms with Crippen molar-refractivity contribution >= 4 is 28.0 Å². The van der Waals surface area contributed by atoms with E-state index in [1.807, 2.05) is 13.8 Å². The molecule has 1 saturated carbocycles. The van der Waals surface area contributed by atoms with E-state index in [1.54, 1.807) is 30.0 Å². The Bertz CT molecular complexity index is 1520. The molecular weight excluding hydrogens is 482 g/mol. The largest absolute Gasteiger partial charge is 0.480 e. The van der Waals surface area contributed by atoms with Gasteiger partial charge in [0.15, 0.2) is 17.3 Å². The number of aromatic nitrogens is 7. The maximum absolute atomic E-state index is 13.4. The Morgan fingerprint density at radius 1 is 1.17 bits per heavy atom. The number of methoxy groups -OCH3 is 1. The summed E-state index contributed by atoms with van der Waals surface area (Å²) < 4.78 is 18.4. The van der Waals surface area contributed by atoms with Crippen LogP contribution >= 0.6 is 0 Å². The van der Waals surface area contributed by atoms with Gasteiger partial charge in [0.2, 0.25) is 5.88 Å². The van der Waals surface area contributed by atoms with Crippen molar-refractivity contribution in [2.45, 2.75) is 50.1 Å². The van der Waals surface area contributed by atoms with Crippen molar-refractivity contribution in [2.24, 2.45) is 5.14 Å². The highest BCUT2D eigenvalue weighted by molar-refractivity contribution is 7.82. The van der Waals surface area contributed by atoms with Crippen LogP contribution in [-0.4, -0.2) is 45.8 Å². The standard InChI is InChI=1S/C23H25N9O3S/c1-12(2)32-21-16(30-20(23(32)33)26-8-14-6-7-15(9-25-14)36(24)34)10-27-19(31-21)17-18(13-4-5-13)28-11-29-22(17)35-3/h6-7,9-13H,4-5,8,24H2,1-3H3,(H,26,30). The lowest BCUT2D eigenvalue weighted by molar-refractivity contribution is 0.397. The molecule has 0 saturated heterocycles. The number of hydrogen-bond acceptors (Lipinski definition) is 10. The van der Waals surface area contributed by atoms with Crippen molar-refractivity contribution in [2.75, 3.05) is 12.4 Å². The van der Waals surface area contributed by atoms with Crippen LogP contribution in [0, 0.1) is 0 Å². The van der Waals surface area contributed by atoms with Crippen LogP contribution in [0.15, 0.2) is 40.5 Å². The predicted octanol–water partition coefficient (Wildman–Crippen LogP) is 2.10. The molecule has 0 bridgehead atoms. The molecule has 1 unspecified atom stereocenters. The molecule has 12 nitrogen and oxygen atoms in total. The van der Waals surface area contributed by atoms with Gasteiger partial charge in [0.1, 0.15) is 28.4 Å². The van der Waals surface area contributed by atoms with Crippen molar-refractivity contribution in [3.63, 3.8) is 0 Å². The highest BCUT2D eigenvalue weighted by atomic mass is 32.2. The zero-order chi connectivity index (χ0) is 25.4. The van der Waals surface area contributed by atoms with Gasteiger partial charge in [-0.25, -0.2) is 34.3 Å². The molecule has 0 radical (unpaired) electrons. The van der Waals surface area contributed by atoms with Gasteiger partial charge in [-0.05, 0) is 38.8 Å². The fourth-order valence-corrected chi connectivity index (χ4v) is 4.30. The zero-order valence-electron chi connectivity index (χ0n) is 20.0. The molecule has 1 aliphatic carbocycles. The number of nitrogens with one attached hydrogen (secondary N) is 1. The van der Waals surface area contributed by atoms with Crippen LogP contribution < -0.4 is 20.8 Å². The molecule has 1 atom stereocenters. The number of nitrogens with zero attached hydrogens (tertiary/aromatic N) is 7. The first-order valence-electron chi connectivity index (χ1n) is 11.4. The molecule has 0 spiro atoms. The Morgan fingerprint density at radius 3 is 2.61 bits per heavy atom. The highest BCUT2D eigenvalue weighted by Gasteiger charge is 2.31. The summed E-state index contributed by atoms with van der Waals surface area (Å²) in [7, 11) is -0.0556. The van der Waals surface area contributed by atoms with E-state index >= 15 is 0 Å². The van der Waals surface area contributed by atoms with Crippen LogP contribution in [0.25, 0.3) is 22.6 Å².